The molecule has 0 spiro atoms. The number of carbonyl (C=O) groups is 1. The number of anilines is 3. The van der Waals surface area contributed by atoms with E-state index in [1.54, 1.807) is 37.4 Å². The summed E-state index contributed by atoms with van der Waals surface area (Å²) < 4.78 is 16.0. The highest BCUT2D eigenvalue weighted by molar-refractivity contribution is 6.03. The molecule has 0 saturated heterocycles. The summed E-state index contributed by atoms with van der Waals surface area (Å²) in [5, 5.41) is 14.0. The van der Waals surface area contributed by atoms with Crippen LogP contribution < -0.4 is 24.8 Å². The molecule has 0 saturated carbocycles. The highest BCUT2D eigenvalue weighted by Crippen LogP contribution is 2.29. The Bertz CT molecular complexity index is 977. The van der Waals surface area contributed by atoms with Gasteiger partial charge in [0, 0.05) is 6.07 Å². The number of carbonyl (C=O) groups excluding carboxylic acids is 1. The zero-order chi connectivity index (χ0) is 20.6. The Morgan fingerprint density at radius 1 is 0.931 bits per heavy atom. The number of para-hydroxylation sites is 2. The smallest absolute Gasteiger partial charge is 0.276 e. The van der Waals surface area contributed by atoms with Crippen LogP contribution in [0.4, 0.5) is 17.2 Å². The first-order chi connectivity index (χ1) is 14.1. The topological polar surface area (TPSA) is 94.6 Å². The zero-order valence-corrected chi connectivity index (χ0v) is 16.4. The van der Waals surface area contributed by atoms with Crippen molar-refractivity contribution in [3.05, 3.63) is 60.3 Å². The molecule has 0 aliphatic carbocycles. The van der Waals surface area contributed by atoms with Crippen LogP contribution in [-0.4, -0.2) is 36.9 Å². The average molecular weight is 394 g/mol. The van der Waals surface area contributed by atoms with Gasteiger partial charge in [0.25, 0.3) is 5.91 Å². The monoisotopic (exact) mass is 394 g/mol. The minimum absolute atomic E-state index is 0.173. The molecule has 8 nitrogen and oxygen atoms in total. The van der Waals surface area contributed by atoms with E-state index in [4.69, 9.17) is 14.2 Å². The number of methoxy groups -OCH3 is 2. The van der Waals surface area contributed by atoms with E-state index in [0.29, 0.717) is 35.4 Å². The van der Waals surface area contributed by atoms with Gasteiger partial charge >= 0.3 is 0 Å². The minimum Gasteiger partial charge on any atom is -0.497 e. The Hall–Kier alpha value is -3.81. The molecule has 2 aromatic carbocycles. The van der Waals surface area contributed by atoms with Crippen molar-refractivity contribution >= 4 is 23.1 Å². The minimum atomic E-state index is -0.401. The van der Waals surface area contributed by atoms with Crippen LogP contribution >= 0.6 is 0 Å². The summed E-state index contributed by atoms with van der Waals surface area (Å²) in [5.74, 6) is 1.92. The lowest BCUT2D eigenvalue weighted by molar-refractivity contribution is 0.102. The number of aromatic nitrogens is 2. The molecule has 0 radical (unpaired) electrons. The molecule has 3 rings (SSSR count). The van der Waals surface area contributed by atoms with Crippen molar-refractivity contribution in [3.63, 3.8) is 0 Å². The third-order valence-electron chi connectivity index (χ3n) is 4.00. The summed E-state index contributed by atoms with van der Waals surface area (Å²) in [6.07, 6.45) is 0. The van der Waals surface area contributed by atoms with Crippen LogP contribution in [0.1, 0.15) is 17.4 Å². The molecule has 1 heterocycles. The zero-order valence-electron chi connectivity index (χ0n) is 16.4. The number of nitrogens with one attached hydrogen (secondary N) is 2. The first-order valence-corrected chi connectivity index (χ1v) is 9.00. The number of ether oxygens (including phenoxy) is 3. The number of nitrogens with zero attached hydrogens (tertiary/aromatic N) is 2. The Morgan fingerprint density at radius 2 is 1.76 bits per heavy atom. The molecule has 0 atom stereocenters. The van der Waals surface area contributed by atoms with Crippen molar-refractivity contribution in [1.29, 1.82) is 0 Å². The van der Waals surface area contributed by atoms with E-state index in [1.807, 2.05) is 31.2 Å². The van der Waals surface area contributed by atoms with Crippen molar-refractivity contribution in [2.75, 3.05) is 31.5 Å². The van der Waals surface area contributed by atoms with E-state index in [2.05, 4.69) is 20.8 Å². The fraction of sp³-hybridized carbons (Fsp3) is 0.190. The molecule has 0 aliphatic rings. The number of amides is 1. The van der Waals surface area contributed by atoms with E-state index in [9.17, 15) is 4.79 Å². The molecule has 1 amide bonds. The van der Waals surface area contributed by atoms with Crippen LogP contribution in [0.2, 0.25) is 0 Å². The van der Waals surface area contributed by atoms with Crippen molar-refractivity contribution < 1.29 is 19.0 Å². The van der Waals surface area contributed by atoms with Crippen LogP contribution in [0.25, 0.3) is 0 Å². The standard InChI is InChI=1S/C21H22N4O4/c1-4-29-18-8-6-5-7-15(18)22-20-12-11-17(24-25-20)21(26)23-16-10-9-14(27-2)13-19(16)28-3/h5-13H,4H2,1-3H3,(H,22,25)(H,23,26). The Morgan fingerprint density at radius 3 is 2.45 bits per heavy atom. The maximum Gasteiger partial charge on any atom is 0.276 e. The van der Waals surface area contributed by atoms with Gasteiger partial charge in [-0.2, -0.15) is 0 Å². The van der Waals surface area contributed by atoms with Gasteiger partial charge in [-0.3, -0.25) is 4.79 Å². The highest BCUT2D eigenvalue weighted by Gasteiger charge is 2.13. The van der Waals surface area contributed by atoms with E-state index in [0.717, 1.165) is 5.69 Å². The second-order valence-electron chi connectivity index (χ2n) is 5.88. The van der Waals surface area contributed by atoms with E-state index in [-0.39, 0.29) is 5.69 Å². The summed E-state index contributed by atoms with van der Waals surface area (Å²) in [5.41, 5.74) is 1.45. The lowest BCUT2D eigenvalue weighted by atomic mass is 10.2. The summed E-state index contributed by atoms with van der Waals surface area (Å²) in [4.78, 5) is 12.5. The van der Waals surface area contributed by atoms with Gasteiger partial charge in [-0.1, -0.05) is 12.1 Å². The predicted molar refractivity (Wildman–Crippen MR) is 110 cm³/mol. The summed E-state index contributed by atoms with van der Waals surface area (Å²) in [6.45, 7) is 2.47. The average Bonchev–Trinajstić information content (AvgIpc) is 2.76. The molecule has 3 aromatic rings. The summed E-state index contributed by atoms with van der Waals surface area (Å²) >= 11 is 0. The maximum atomic E-state index is 12.5. The van der Waals surface area contributed by atoms with Crippen LogP contribution in [0.3, 0.4) is 0 Å². The largest absolute Gasteiger partial charge is 0.497 e. The van der Waals surface area contributed by atoms with Crippen LogP contribution in [0.5, 0.6) is 17.2 Å². The van der Waals surface area contributed by atoms with Crippen molar-refractivity contribution in [2.45, 2.75) is 6.92 Å². The van der Waals surface area contributed by atoms with Gasteiger partial charge in [-0.05, 0) is 43.3 Å². The van der Waals surface area contributed by atoms with E-state index in [1.165, 1.54) is 7.11 Å². The molecule has 0 fully saturated rings. The maximum absolute atomic E-state index is 12.5. The first kappa shape index (κ1) is 19.9. The van der Waals surface area contributed by atoms with Crippen LogP contribution in [0.15, 0.2) is 54.6 Å². The molecular weight excluding hydrogens is 372 g/mol. The molecule has 29 heavy (non-hydrogen) atoms. The van der Waals surface area contributed by atoms with E-state index < -0.39 is 5.91 Å². The fourth-order valence-corrected chi connectivity index (χ4v) is 2.60. The molecule has 2 N–H and O–H groups in total. The second-order valence-corrected chi connectivity index (χ2v) is 5.88. The molecule has 1 aromatic heterocycles. The lowest BCUT2D eigenvalue weighted by Crippen LogP contribution is -2.15. The third kappa shape index (κ3) is 4.92. The normalized spacial score (nSPS) is 10.2. The van der Waals surface area contributed by atoms with Gasteiger partial charge in [-0.25, -0.2) is 0 Å². The molecule has 0 aliphatic heterocycles. The Kier molecular flexibility index (Phi) is 6.47. The van der Waals surface area contributed by atoms with Gasteiger partial charge < -0.3 is 24.8 Å². The number of hydrogen-bond donors (Lipinski definition) is 2. The molecule has 0 unspecified atom stereocenters. The quantitative estimate of drug-likeness (QED) is 0.598. The molecule has 8 heteroatoms. The summed E-state index contributed by atoms with van der Waals surface area (Å²) in [7, 11) is 3.08. The Labute approximate surface area is 168 Å². The van der Waals surface area contributed by atoms with Crippen LogP contribution in [-0.2, 0) is 0 Å². The molecule has 0 bridgehead atoms. The number of hydrogen-bond acceptors (Lipinski definition) is 7. The fourth-order valence-electron chi connectivity index (χ4n) is 2.60. The second kappa shape index (κ2) is 9.41. The van der Waals surface area contributed by atoms with Crippen molar-refractivity contribution in [1.82, 2.24) is 10.2 Å². The van der Waals surface area contributed by atoms with E-state index >= 15 is 0 Å². The number of benzene rings is 2. The van der Waals surface area contributed by atoms with Gasteiger partial charge in [0.1, 0.15) is 17.2 Å². The van der Waals surface area contributed by atoms with Gasteiger partial charge in [-0.15, -0.1) is 10.2 Å². The lowest BCUT2D eigenvalue weighted by Gasteiger charge is -2.12. The molecular formula is C21H22N4O4. The van der Waals surface area contributed by atoms with Crippen molar-refractivity contribution in [3.8, 4) is 17.2 Å². The third-order valence-corrected chi connectivity index (χ3v) is 4.00. The van der Waals surface area contributed by atoms with Gasteiger partial charge in [0.15, 0.2) is 11.5 Å². The van der Waals surface area contributed by atoms with Gasteiger partial charge in [0.05, 0.1) is 32.2 Å². The first-order valence-electron chi connectivity index (χ1n) is 9.00. The van der Waals surface area contributed by atoms with Crippen LogP contribution in [0, 0.1) is 0 Å². The van der Waals surface area contributed by atoms with Gasteiger partial charge in [0.2, 0.25) is 0 Å². The highest BCUT2D eigenvalue weighted by atomic mass is 16.5. The number of rotatable bonds is 8. The SMILES string of the molecule is CCOc1ccccc1Nc1ccc(C(=O)Nc2ccc(OC)cc2OC)nn1. The predicted octanol–water partition coefficient (Wildman–Crippen LogP) is 3.89. The molecule has 150 valence electrons. The Balaban J connectivity index is 1.71. The summed E-state index contributed by atoms with van der Waals surface area (Å²) in [6, 6.07) is 15.9. The van der Waals surface area contributed by atoms with Crippen molar-refractivity contribution in [2.24, 2.45) is 0 Å².